The van der Waals surface area contributed by atoms with Gasteiger partial charge in [0.15, 0.2) is 0 Å². The Balaban J connectivity index is 1.90. The van der Waals surface area contributed by atoms with Gasteiger partial charge in [0.05, 0.1) is 19.1 Å². The summed E-state index contributed by atoms with van der Waals surface area (Å²) in [5.74, 6) is 0.0413. The number of hydrogen-bond donors (Lipinski definition) is 1. The van der Waals surface area contributed by atoms with Gasteiger partial charge in [-0.3, -0.25) is 4.79 Å². The Morgan fingerprint density at radius 3 is 3.11 bits per heavy atom. The highest BCUT2D eigenvalue weighted by Gasteiger charge is 2.26. The molecule has 1 N–H and O–H groups in total. The molecule has 1 amide bonds. The van der Waals surface area contributed by atoms with Crippen LogP contribution in [0.25, 0.3) is 0 Å². The van der Waals surface area contributed by atoms with Crippen LogP contribution in [0.3, 0.4) is 0 Å². The van der Waals surface area contributed by atoms with E-state index in [1.807, 2.05) is 31.2 Å². The number of hydrogen-bond acceptors (Lipinski definition) is 3. The number of ether oxygens (including phenoxy) is 2. The van der Waals surface area contributed by atoms with Gasteiger partial charge in [-0.1, -0.05) is 29.8 Å². The number of amides is 1. The zero-order valence-electron chi connectivity index (χ0n) is 11.5. The van der Waals surface area contributed by atoms with Gasteiger partial charge < -0.3 is 14.8 Å². The minimum absolute atomic E-state index is 0.0413. The molecule has 1 fully saturated rings. The van der Waals surface area contributed by atoms with E-state index >= 15 is 0 Å². The van der Waals surface area contributed by atoms with Crippen molar-refractivity contribution in [2.45, 2.75) is 31.9 Å². The van der Waals surface area contributed by atoms with Crippen LogP contribution in [0.1, 0.15) is 17.5 Å². The van der Waals surface area contributed by atoms with Gasteiger partial charge in [0, 0.05) is 13.7 Å². The molecule has 1 heterocycles. The molecule has 0 aromatic heterocycles. The summed E-state index contributed by atoms with van der Waals surface area (Å²) >= 11 is 0. The number of carbonyl (C=O) groups is 1. The highest BCUT2D eigenvalue weighted by atomic mass is 16.5. The van der Waals surface area contributed by atoms with E-state index in [0.29, 0.717) is 19.6 Å². The van der Waals surface area contributed by atoms with Crippen molar-refractivity contribution >= 4 is 5.91 Å². The van der Waals surface area contributed by atoms with E-state index in [-0.39, 0.29) is 18.1 Å². The number of nitrogens with one attached hydrogen (secondary N) is 1. The number of benzene rings is 1. The lowest BCUT2D eigenvalue weighted by atomic mass is 10.0. The normalized spacial score (nSPS) is 23.1. The molecule has 104 valence electrons. The van der Waals surface area contributed by atoms with Crippen molar-refractivity contribution in [3.05, 3.63) is 35.4 Å². The predicted octanol–water partition coefficient (Wildman–Crippen LogP) is 1.46. The molecule has 1 saturated heterocycles. The molecule has 0 unspecified atom stereocenters. The molecule has 1 aromatic rings. The van der Waals surface area contributed by atoms with E-state index in [0.717, 1.165) is 12.0 Å². The Hall–Kier alpha value is -1.39. The SMILES string of the molecule is CO[C@H]1COCC[C@@H]1NC(=O)Cc1cccc(C)c1. The zero-order valence-corrected chi connectivity index (χ0v) is 11.5. The van der Waals surface area contributed by atoms with E-state index in [2.05, 4.69) is 5.32 Å². The van der Waals surface area contributed by atoms with Gasteiger partial charge in [-0.25, -0.2) is 0 Å². The summed E-state index contributed by atoms with van der Waals surface area (Å²) in [5, 5.41) is 3.04. The lowest BCUT2D eigenvalue weighted by Crippen LogP contribution is -2.50. The van der Waals surface area contributed by atoms with Crippen LogP contribution in [0.4, 0.5) is 0 Å². The van der Waals surface area contributed by atoms with Gasteiger partial charge in [-0.15, -0.1) is 0 Å². The monoisotopic (exact) mass is 263 g/mol. The van der Waals surface area contributed by atoms with Crippen molar-refractivity contribution in [3.8, 4) is 0 Å². The van der Waals surface area contributed by atoms with Gasteiger partial charge >= 0.3 is 0 Å². The predicted molar refractivity (Wildman–Crippen MR) is 73.0 cm³/mol. The smallest absolute Gasteiger partial charge is 0.224 e. The topological polar surface area (TPSA) is 47.6 Å². The third-order valence-electron chi connectivity index (χ3n) is 3.40. The maximum absolute atomic E-state index is 12.0. The highest BCUT2D eigenvalue weighted by Crippen LogP contribution is 2.11. The molecule has 1 aromatic carbocycles. The molecule has 1 aliphatic heterocycles. The van der Waals surface area contributed by atoms with Crippen LogP contribution < -0.4 is 5.32 Å². The minimum atomic E-state index is -0.0461. The molecular formula is C15H21NO3. The second-order valence-corrected chi connectivity index (χ2v) is 4.98. The molecule has 0 saturated carbocycles. The molecule has 2 atom stereocenters. The Kier molecular flexibility index (Phi) is 4.93. The largest absolute Gasteiger partial charge is 0.379 e. The summed E-state index contributed by atoms with van der Waals surface area (Å²) in [4.78, 5) is 12.0. The first-order valence-corrected chi connectivity index (χ1v) is 6.64. The number of carbonyl (C=O) groups excluding carboxylic acids is 1. The van der Waals surface area contributed by atoms with Gasteiger partial charge in [0.1, 0.15) is 6.10 Å². The van der Waals surface area contributed by atoms with E-state index in [4.69, 9.17) is 9.47 Å². The van der Waals surface area contributed by atoms with Crippen LogP contribution in [0, 0.1) is 6.92 Å². The fourth-order valence-electron chi connectivity index (χ4n) is 2.37. The van der Waals surface area contributed by atoms with Crippen LogP contribution in [0.15, 0.2) is 24.3 Å². The summed E-state index contributed by atoms with van der Waals surface area (Å²) < 4.78 is 10.7. The second-order valence-electron chi connectivity index (χ2n) is 4.98. The summed E-state index contributed by atoms with van der Waals surface area (Å²) in [6.07, 6.45) is 1.17. The van der Waals surface area contributed by atoms with Crippen molar-refractivity contribution in [2.75, 3.05) is 20.3 Å². The van der Waals surface area contributed by atoms with Crippen LogP contribution in [-0.2, 0) is 20.7 Å². The van der Waals surface area contributed by atoms with E-state index in [1.165, 1.54) is 5.56 Å². The quantitative estimate of drug-likeness (QED) is 0.894. The van der Waals surface area contributed by atoms with Crippen molar-refractivity contribution in [3.63, 3.8) is 0 Å². The third kappa shape index (κ3) is 4.04. The van der Waals surface area contributed by atoms with Crippen LogP contribution in [-0.4, -0.2) is 38.4 Å². The average molecular weight is 263 g/mol. The summed E-state index contributed by atoms with van der Waals surface area (Å²) in [7, 11) is 1.65. The van der Waals surface area contributed by atoms with E-state index < -0.39 is 0 Å². The van der Waals surface area contributed by atoms with E-state index in [9.17, 15) is 4.79 Å². The van der Waals surface area contributed by atoms with Gasteiger partial charge in [-0.2, -0.15) is 0 Å². The van der Waals surface area contributed by atoms with Crippen LogP contribution in [0.5, 0.6) is 0 Å². The fraction of sp³-hybridized carbons (Fsp3) is 0.533. The molecule has 19 heavy (non-hydrogen) atoms. The lowest BCUT2D eigenvalue weighted by Gasteiger charge is -2.31. The summed E-state index contributed by atoms with van der Waals surface area (Å²) in [5.41, 5.74) is 2.21. The Morgan fingerprint density at radius 2 is 2.37 bits per heavy atom. The van der Waals surface area contributed by atoms with Crippen LogP contribution >= 0.6 is 0 Å². The molecule has 0 spiro atoms. The summed E-state index contributed by atoms with van der Waals surface area (Å²) in [6, 6.07) is 8.07. The van der Waals surface area contributed by atoms with Crippen molar-refractivity contribution in [2.24, 2.45) is 0 Å². The van der Waals surface area contributed by atoms with Gasteiger partial charge in [0.2, 0.25) is 5.91 Å². The third-order valence-corrected chi connectivity index (χ3v) is 3.40. The molecule has 0 bridgehead atoms. The van der Waals surface area contributed by atoms with Crippen molar-refractivity contribution in [1.29, 1.82) is 0 Å². The molecule has 1 aliphatic rings. The minimum Gasteiger partial charge on any atom is -0.379 e. The average Bonchev–Trinajstić information content (AvgIpc) is 2.39. The highest BCUT2D eigenvalue weighted by molar-refractivity contribution is 5.79. The number of rotatable bonds is 4. The Morgan fingerprint density at radius 1 is 1.53 bits per heavy atom. The first-order chi connectivity index (χ1) is 9.19. The summed E-state index contributed by atoms with van der Waals surface area (Å²) in [6.45, 7) is 3.25. The first kappa shape index (κ1) is 14.0. The van der Waals surface area contributed by atoms with Crippen molar-refractivity contribution in [1.82, 2.24) is 5.32 Å². The zero-order chi connectivity index (χ0) is 13.7. The number of aryl methyl sites for hydroxylation is 1. The van der Waals surface area contributed by atoms with Gasteiger partial charge in [-0.05, 0) is 18.9 Å². The number of methoxy groups -OCH3 is 1. The van der Waals surface area contributed by atoms with Crippen molar-refractivity contribution < 1.29 is 14.3 Å². The van der Waals surface area contributed by atoms with Crippen LogP contribution in [0.2, 0.25) is 0 Å². The molecule has 4 heteroatoms. The Labute approximate surface area is 114 Å². The standard InChI is InChI=1S/C15H21NO3/c1-11-4-3-5-12(8-11)9-15(17)16-13-6-7-19-10-14(13)18-2/h3-5,8,13-14H,6-7,9-10H2,1-2H3,(H,16,17)/t13-,14-/m0/s1. The molecule has 2 rings (SSSR count). The second kappa shape index (κ2) is 6.68. The maximum Gasteiger partial charge on any atom is 0.224 e. The molecule has 0 radical (unpaired) electrons. The lowest BCUT2D eigenvalue weighted by molar-refractivity contribution is -0.124. The maximum atomic E-state index is 12.0. The Bertz CT molecular complexity index is 433. The first-order valence-electron chi connectivity index (χ1n) is 6.64. The fourth-order valence-corrected chi connectivity index (χ4v) is 2.37. The van der Waals surface area contributed by atoms with E-state index in [1.54, 1.807) is 7.11 Å². The molecule has 0 aliphatic carbocycles. The van der Waals surface area contributed by atoms with Gasteiger partial charge in [0.25, 0.3) is 0 Å². The molecular weight excluding hydrogens is 242 g/mol. The molecule has 4 nitrogen and oxygen atoms in total.